The molecule has 1 fully saturated rings. The van der Waals surface area contributed by atoms with Crippen molar-refractivity contribution in [3.05, 3.63) is 29.8 Å². The van der Waals surface area contributed by atoms with Crippen molar-refractivity contribution >= 4 is 23.7 Å². The van der Waals surface area contributed by atoms with Crippen LogP contribution >= 0.6 is 0 Å². The summed E-state index contributed by atoms with van der Waals surface area (Å²) < 4.78 is 0. The fourth-order valence-electron chi connectivity index (χ4n) is 3.87. The summed E-state index contributed by atoms with van der Waals surface area (Å²) in [6.45, 7) is 5.74. The van der Waals surface area contributed by atoms with E-state index in [0.717, 1.165) is 6.42 Å². The first-order valence-electron chi connectivity index (χ1n) is 11.8. The number of amides is 3. The van der Waals surface area contributed by atoms with Crippen LogP contribution in [0.3, 0.4) is 0 Å². The maximum atomic E-state index is 13.0. The van der Waals surface area contributed by atoms with E-state index in [1.165, 1.54) is 19.1 Å². The van der Waals surface area contributed by atoms with Crippen LogP contribution < -0.4 is 21.3 Å². The molecule has 1 saturated heterocycles. The Morgan fingerprint density at radius 2 is 1.63 bits per heavy atom. The molecule has 11 nitrogen and oxygen atoms in total. The summed E-state index contributed by atoms with van der Waals surface area (Å²) in [5, 5.41) is 39.7. The molecular weight excluding hydrogens is 456 g/mol. The Bertz CT molecular complexity index is 882. The molecular formula is C24H36N4O7. The van der Waals surface area contributed by atoms with Crippen molar-refractivity contribution < 1.29 is 34.5 Å². The molecule has 0 aromatic heterocycles. The maximum Gasteiger partial charge on any atom is 0.326 e. The van der Waals surface area contributed by atoms with E-state index in [1.54, 1.807) is 12.1 Å². The smallest absolute Gasteiger partial charge is 0.326 e. The van der Waals surface area contributed by atoms with Gasteiger partial charge in [0.05, 0.1) is 12.1 Å². The van der Waals surface area contributed by atoms with Crippen molar-refractivity contribution in [2.75, 3.05) is 6.54 Å². The first kappa shape index (κ1) is 28.1. The van der Waals surface area contributed by atoms with Crippen molar-refractivity contribution in [1.29, 1.82) is 0 Å². The number of aliphatic carboxylic acids is 1. The molecule has 2 rings (SSSR count). The summed E-state index contributed by atoms with van der Waals surface area (Å²) >= 11 is 0. The van der Waals surface area contributed by atoms with Crippen molar-refractivity contribution in [2.24, 2.45) is 5.92 Å². The fourth-order valence-corrected chi connectivity index (χ4v) is 3.87. The normalized spacial score (nSPS) is 18.8. The molecule has 194 valence electrons. The quantitative estimate of drug-likeness (QED) is 0.207. The third-order valence-corrected chi connectivity index (χ3v) is 5.77. The molecule has 0 radical (unpaired) electrons. The molecule has 5 atom stereocenters. The maximum absolute atomic E-state index is 13.0. The lowest BCUT2D eigenvalue weighted by Crippen LogP contribution is -2.60. The van der Waals surface area contributed by atoms with Crippen LogP contribution in [0.4, 0.5) is 0 Å². The Morgan fingerprint density at radius 3 is 2.14 bits per heavy atom. The van der Waals surface area contributed by atoms with Crippen molar-refractivity contribution in [3.8, 4) is 5.75 Å². The van der Waals surface area contributed by atoms with Crippen LogP contribution in [-0.2, 0) is 25.6 Å². The molecule has 0 aliphatic carbocycles. The SMILES string of the molecule is CC(C)CC(NC(=O)C(NC(=O)C1CCCN1)C(C)O)C(=O)NC(Cc1ccc(O)cc1)C(=O)O. The number of aliphatic hydroxyl groups excluding tert-OH is 1. The van der Waals surface area contributed by atoms with Gasteiger partial charge < -0.3 is 36.6 Å². The highest BCUT2D eigenvalue weighted by molar-refractivity contribution is 5.94. The summed E-state index contributed by atoms with van der Waals surface area (Å²) in [5.74, 6) is -3.07. The third kappa shape index (κ3) is 8.84. The highest BCUT2D eigenvalue weighted by atomic mass is 16.4. The Labute approximate surface area is 204 Å². The molecule has 35 heavy (non-hydrogen) atoms. The number of nitrogens with one attached hydrogen (secondary N) is 4. The molecule has 1 aliphatic rings. The van der Waals surface area contributed by atoms with Gasteiger partial charge in [0.2, 0.25) is 17.7 Å². The molecule has 3 amide bonds. The first-order chi connectivity index (χ1) is 16.5. The second-order valence-electron chi connectivity index (χ2n) is 9.34. The minimum Gasteiger partial charge on any atom is -0.508 e. The number of benzene rings is 1. The Kier molecular flexibility index (Phi) is 10.5. The number of hydrogen-bond acceptors (Lipinski definition) is 7. The van der Waals surface area contributed by atoms with E-state index in [1.807, 2.05) is 13.8 Å². The van der Waals surface area contributed by atoms with Crippen LogP contribution in [0.5, 0.6) is 5.75 Å². The van der Waals surface area contributed by atoms with Crippen LogP contribution in [0.2, 0.25) is 0 Å². The van der Waals surface area contributed by atoms with E-state index < -0.39 is 54.0 Å². The van der Waals surface area contributed by atoms with Gasteiger partial charge in [-0.2, -0.15) is 0 Å². The Morgan fingerprint density at radius 1 is 1.00 bits per heavy atom. The van der Waals surface area contributed by atoms with Crippen LogP contribution in [0.25, 0.3) is 0 Å². The van der Waals surface area contributed by atoms with Gasteiger partial charge in [-0.1, -0.05) is 26.0 Å². The van der Waals surface area contributed by atoms with Gasteiger partial charge in [-0.05, 0) is 56.3 Å². The van der Waals surface area contributed by atoms with Gasteiger partial charge in [-0.25, -0.2) is 4.79 Å². The minimum atomic E-state index is -1.28. The number of hydrogen-bond donors (Lipinski definition) is 7. The molecule has 1 aliphatic heterocycles. The van der Waals surface area contributed by atoms with Crippen LogP contribution in [0, 0.1) is 5.92 Å². The van der Waals surface area contributed by atoms with Gasteiger partial charge in [-0.3, -0.25) is 14.4 Å². The summed E-state index contributed by atoms with van der Waals surface area (Å²) in [5.41, 5.74) is 0.595. The van der Waals surface area contributed by atoms with Crippen LogP contribution in [0.1, 0.15) is 45.6 Å². The standard InChI is InChI=1S/C24H36N4O7/c1-13(2)11-18(22(32)27-19(24(34)35)12-15-6-8-16(30)9-7-15)26-23(33)20(14(3)29)28-21(31)17-5-4-10-25-17/h6-9,13-14,17-20,25,29-30H,4-5,10-12H2,1-3H3,(H,26,33)(H,27,32)(H,28,31)(H,34,35). The van der Waals surface area contributed by atoms with E-state index >= 15 is 0 Å². The number of phenolic OH excluding ortho intramolecular Hbond substituents is 1. The average Bonchev–Trinajstić information content (AvgIpc) is 3.32. The first-order valence-corrected chi connectivity index (χ1v) is 11.8. The Balaban J connectivity index is 2.10. The lowest BCUT2D eigenvalue weighted by Gasteiger charge is -2.27. The van der Waals surface area contributed by atoms with Gasteiger partial charge in [0.25, 0.3) is 0 Å². The zero-order valence-electron chi connectivity index (χ0n) is 20.3. The van der Waals surface area contributed by atoms with Gasteiger partial charge in [0.15, 0.2) is 0 Å². The molecule has 11 heteroatoms. The van der Waals surface area contributed by atoms with E-state index in [4.69, 9.17) is 0 Å². The number of phenols is 1. The molecule has 7 N–H and O–H groups in total. The zero-order chi connectivity index (χ0) is 26.1. The third-order valence-electron chi connectivity index (χ3n) is 5.77. The summed E-state index contributed by atoms with van der Waals surface area (Å²) in [6.07, 6.45) is 0.424. The van der Waals surface area contributed by atoms with Gasteiger partial charge in [0.1, 0.15) is 23.9 Å². The molecule has 5 unspecified atom stereocenters. The number of aliphatic hydroxyl groups is 1. The number of carbonyl (C=O) groups excluding carboxylic acids is 3. The van der Waals surface area contributed by atoms with Crippen molar-refractivity contribution in [1.82, 2.24) is 21.3 Å². The number of carboxylic acid groups (broad SMARTS) is 1. The zero-order valence-corrected chi connectivity index (χ0v) is 20.3. The van der Waals surface area contributed by atoms with Gasteiger partial charge in [0, 0.05) is 6.42 Å². The van der Waals surface area contributed by atoms with E-state index in [-0.39, 0.29) is 24.5 Å². The molecule has 0 bridgehead atoms. The summed E-state index contributed by atoms with van der Waals surface area (Å²) in [4.78, 5) is 50.2. The lowest BCUT2D eigenvalue weighted by molar-refractivity contribution is -0.142. The average molecular weight is 493 g/mol. The fraction of sp³-hybridized carbons (Fsp3) is 0.583. The number of aromatic hydroxyl groups is 1. The second-order valence-corrected chi connectivity index (χ2v) is 9.34. The monoisotopic (exact) mass is 492 g/mol. The van der Waals surface area contributed by atoms with Crippen LogP contribution in [-0.4, -0.2) is 75.8 Å². The lowest BCUT2D eigenvalue weighted by atomic mass is 10.0. The summed E-state index contributed by atoms with van der Waals surface area (Å²) in [6, 6.07) is 1.88. The topological polar surface area (TPSA) is 177 Å². The number of carbonyl (C=O) groups is 4. The van der Waals surface area contributed by atoms with E-state index in [2.05, 4.69) is 21.3 Å². The molecule has 0 saturated carbocycles. The van der Waals surface area contributed by atoms with Crippen molar-refractivity contribution in [2.45, 2.75) is 76.7 Å². The molecule has 1 aromatic rings. The van der Waals surface area contributed by atoms with E-state index in [0.29, 0.717) is 18.5 Å². The highest BCUT2D eigenvalue weighted by Crippen LogP contribution is 2.13. The molecule has 1 heterocycles. The molecule has 0 spiro atoms. The highest BCUT2D eigenvalue weighted by Gasteiger charge is 2.33. The van der Waals surface area contributed by atoms with Gasteiger partial charge >= 0.3 is 5.97 Å². The minimum absolute atomic E-state index is 0.0197. The second kappa shape index (κ2) is 13.1. The predicted octanol–water partition coefficient (Wildman–Crippen LogP) is -0.347. The van der Waals surface area contributed by atoms with Crippen LogP contribution in [0.15, 0.2) is 24.3 Å². The Hall–Kier alpha value is -3.18. The predicted molar refractivity (Wildman–Crippen MR) is 127 cm³/mol. The number of rotatable bonds is 12. The largest absolute Gasteiger partial charge is 0.508 e. The molecule has 1 aromatic carbocycles. The number of carboxylic acids is 1. The van der Waals surface area contributed by atoms with Gasteiger partial charge in [-0.15, -0.1) is 0 Å². The summed E-state index contributed by atoms with van der Waals surface area (Å²) in [7, 11) is 0. The van der Waals surface area contributed by atoms with E-state index in [9.17, 15) is 34.5 Å². The van der Waals surface area contributed by atoms with Crippen molar-refractivity contribution in [3.63, 3.8) is 0 Å².